The first-order valence-electron chi connectivity index (χ1n) is 21.7. The van der Waals surface area contributed by atoms with E-state index in [1.807, 2.05) is 109 Å². The number of anilines is 3. The van der Waals surface area contributed by atoms with Crippen LogP contribution in [0.15, 0.2) is 182 Å². The molecule has 0 aliphatic heterocycles. The second-order valence-corrected chi connectivity index (χ2v) is 20.2. The summed E-state index contributed by atoms with van der Waals surface area (Å²) in [6.45, 7) is 0. The predicted octanol–water partition coefficient (Wildman–Crippen LogP) is 9.99. The monoisotopic (exact) mass is 1280 g/mol. The van der Waals surface area contributed by atoms with E-state index >= 15 is 0 Å². The summed E-state index contributed by atoms with van der Waals surface area (Å²) in [5.41, 5.74) is 26.8. The molecule has 0 saturated heterocycles. The first kappa shape index (κ1) is 63.7. The number of benzene rings is 4. The van der Waals surface area contributed by atoms with Gasteiger partial charge in [-0.25, -0.2) is 14.3 Å². The van der Waals surface area contributed by atoms with E-state index in [1.165, 1.54) is 39.2 Å². The van der Waals surface area contributed by atoms with E-state index in [0.717, 1.165) is 48.9 Å². The topological polar surface area (TPSA) is 334 Å². The third-order valence-electron chi connectivity index (χ3n) is 9.59. The number of H-pyrrole nitrogens is 1. The molecule has 1 fully saturated rings. The molecule has 0 spiro atoms. The number of primary amides is 1. The van der Waals surface area contributed by atoms with Gasteiger partial charge in [-0.05, 0) is 84.0 Å². The summed E-state index contributed by atoms with van der Waals surface area (Å²) in [4.78, 5) is 44.0. The van der Waals surface area contributed by atoms with Crippen molar-refractivity contribution in [2.45, 2.75) is 52.6 Å². The van der Waals surface area contributed by atoms with Gasteiger partial charge in [-0.3, -0.25) is 35.1 Å². The first-order valence-corrected chi connectivity index (χ1v) is 30.0. The van der Waals surface area contributed by atoms with Crippen LogP contribution in [0.4, 0.5) is 34.5 Å². The van der Waals surface area contributed by atoms with Gasteiger partial charge in [-0.2, -0.15) is 20.3 Å². The van der Waals surface area contributed by atoms with Gasteiger partial charge in [0.25, 0.3) is 5.91 Å². The number of nitrogen functional groups attached to an aromatic ring is 1. The van der Waals surface area contributed by atoms with E-state index < -0.39 is 34.6 Å². The van der Waals surface area contributed by atoms with E-state index in [4.69, 9.17) is 40.8 Å². The van der Waals surface area contributed by atoms with Crippen LogP contribution in [0, 0.1) is 23.8 Å². The van der Waals surface area contributed by atoms with Crippen LogP contribution < -0.4 is 33.6 Å². The van der Waals surface area contributed by atoms with Crippen molar-refractivity contribution in [3.8, 4) is 11.4 Å². The zero-order valence-corrected chi connectivity index (χ0v) is 45.2. The van der Waals surface area contributed by atoms with E-state index in [9.17, 15) is 25.0 Å². The molecule has 4 aromatic heterocycles. The third kappa shape index (κ3) is 23.5. The van der Waals surface area contributed by atoms with Crippen molar-refractivity contribution in [3.63, 3.8) is 0 Å². The number of nitro groups is 2. The van der Waals surface area contributed by atoms with E-state index in [-0.39, 0.29) is 49.7 Å². The van der Waals surface area contributed by atoms with Gasteiger partial charge >= 0.3 is 48.1 Å². The molecule has 1 aliphatic carbocycles. The number of carbonyl (C=O) groups excluding carboxylic acids is 1. The third-order valence-corrected chi connectivity index (χ3v) is 10.3. The number of nitrogens with two attached hydrogens (primary N) is 4. The number of aromatic nitrogens is 8. The van der Waals surface area contributed by atoms with Gasteiger partial charge in [0.1, 0.15) is 30.0 Å². The van der Waals surface area contributed by atoms with Gasteiger partial charge in [-0.1, -0.05) is 100 Å². The van der Waals surface area contributed by atoms with Crippen LogP contribution in [0.3, 0.4) is 0 Å². The van der Waals surface area contributed by atoms with Crippen LogP contribution in [-0.2, 0) is 0 Å². The molecule has 4 aromatic carbocycles. The zero-order valence-electron chi connectivity index (χ0n) is 38.7. The molecule has 9 rings (SSSR count). The average molecular weight is 1280 g/mol. The van der Waals surface area contributed by atoms with E-state index in [0.29, 0.717) is 17.3 Å². The maximum absolute atomic E-state index is 11.8. The summed E-state index contributed by atoms with van der Waals surface area (Å²) in [6.07, 6.45) is 16.8. The number of carbonyl (C=O) groups is 1. The van der Waals surface area contributed by atoms with E-state index in [1.54, 1.807) is 23.3 Å². The summed E-state index contributed by atoms with van der Waals surface area (Å²) in [6, 6.07) is 38.8. The number of hydrogen-bond acceptors (Lipinski definition) is 16. The second-order valence-electron chi connectivity index (χ2n) is 14.7. The normalized spacial score (nSPS) is 13.1. The first-order chi connectivity index (χ1) is 35.3. The average Bonchev–Trinajstić information content (AvgIpc) is 4.23. The summed E-state index contributed by atoms with van der Waals surface area (Å²) in [7, 11) is 9.87. The Morgan fingerprint density at radius 3 is 1.77 bits per heavy atom. The molecule has 11 N–H and O–H groups in total. The van der Waals surface area contributed by atoms with Gasteiger partial charge in [0.2, 0.25) is 5.95 Å². The Kier molecular flexibility index (Phi) is 30.3. The van der Waals surface area contributed by atoms with Gasteiger partial charge in [0, 0.05) is 28.1 Å². The molecule has 2 atom stereocenters. The molecule has 0 unspecified atom stereocenters. The quantitative estimate of drug-likeness (QED) is 0.0208. The predicted molar refractivity (Wildman–Crippen MR) is 308 cm³/mol. The van der Waals surface area contributed by atoms with Crippen LogP contribution in [-0.4, -0.2) is 92.7 Å². The van der Waals surface area contributed by atoms with Crippen LogP contribution >= 0.6 is 40.4 Å². The van der Waals surface area contributed by atoms with Crippen LogP contribution in [0.5, 0.6) is 0 Å². The Hall–Kier alpha value is -7.46. The number of nitrogens with zero attached hydrogens (tertiary/aromatic N) is 10. The number of rotatable bonds is 11. The van der Waals surface area contributed by atoms with Crippen LogP contribution in [0.2, 0.25) is 0 Å². The van der Waals surface area contributed by atoms with Gasteiger partial charge in [0.15, 0.2) is 0 Å². The number of allylic oxidation sites excluding steroid dienone is 1. The number of aliphatic imine (C=N–C) groups is 1. The van der Waals surface area contributed by atoms with Gasteiger partial charge in [0.05, 0.1) is 63.1 Å². The minimum atomic E-state index is -0.826. The Balaban J connectivity index is 0.000000349. The fourth-order valence-electron chi connectivity index (χ4n) is 6.09. The zero-order chi connectivity index (χ0) is 52.8. The summed E-state index contributed by atoms with van der Waals surface area (Å²) in [5, 5.41) is 40.1. The van der Waals surface area contributed by atoms with Crippen LogP contribution in [0.25, 0.3) is 11.4 Å². The molecule has 26 heteroatoms. The molecular formula is C49H58Cl2IN17O5Sn. The standard InChI is InChI=1S/C20H26N8O.C9H7N3O2.C9H9N3.C6H5I.C3H3N3O2.2CH4.2ClH.Sn/c21-10-14(11-24-13-6-2-1-3-7-13)26-19-15(18(23)29)12-25-20(28-19)27-17-9-5-4-8-16(17)22;13-12(14)9-6-10-11(7-9)8-4-2-1-3-5-8;10-8-6-11-12(7-8)9-4-2-1-3-5-9;7-6-4-2-1-3-5-6;7-6(8)3-1-4-5-2-3;;;;;/h1-3,6-7,10-12,16-17H,4-5,8-9,21-22H2,(H2,23,29)(H2,25,26,27,28);1-7H;1-7H,10H2;1-5H;1-2H,(H,4,5);2*1H4;2*1H;/q;;;;;;;;;+2/p-2/t16-,17+;;;;;;;;;/m0........./s1. The molecule has 1 aliphatic rings. The molecule has 2 radical (unpaired) electrons. The fraction of sp³-hybridized carbons (Fsp3) is 0.163. The number of amides is 1. The van der Waals surface area contributed by atoms with Crippen LogP contribution in [0.1, 0.15) is 50.9 Å². The molecular weight excluding hydrogens is 1220 g/mol. The van der Waals surface area contributed by atoms with Crippen molar-refractivity contribution < 1.29 is 14.6 Å². The molecule has 0 bridgehead atoms. The van der Waals surface area contributed by atoms with Crippen molar-refractivity contribution in [2.75, 3.05) is 16.4 Å². The Labute approximate surface area is 465 Å². The Morgan fingerprint density at radius 1 is 0.800 bits per heavy atom. The second kappa shape index (κ2) is 35.6. The number of hydrogen-bond donors (Lipinski definition) is 7. The van der Waals surface area contributed by atoms with E-state index in [2.05, 4.69) is 80.7 Å². The van der Waals surface area contributed by atoms with Gasteiger partial charge < -0.3 is 33.6 Å². The van der Waals surface area contributed by atoms with Crippen molar-refractivity contribution in [1.82, 2.24) is 39.7 Å². The molecule has 4 heterocycles. The number of halogens is 3. The fourth-order valence-corrected chi connectivity index (χ4v) is 6.51. The molecule has 394 valence electrons. The molecule has 22 nitrogen and oxygen atoms in total. The molecule has 1 amide bonds. The Bertz CT molecular complexity index is 2920. The molecule has 8 aromatic rings. The molecule has 1 saturated carbocycles. The van der Waals surface area contributed by atoms with Crippen molar-refractivity contribution in [1.29, 1.82) is 0 Å². The van der Waals surface area contributed by atoms with Crippen molar-refractivity contribution in [3.05, 3.63) is 206 Å². The van der Waals surface area contributed by atoms with Crippen molar-refractivity contribution >= 4 is 106 Å². The Morgan fingerprint density at radius 2 is 1.33 bits per heavy atom. The number of aromatic amines is 1. The maximum atomic E-state index is 11.8. The SMILES string of the molecule is C.C.Ic1ccccc1.NC=C(C=Nc1ccccc1)Nc1nc(N[C@@H]2CCCC[C@@H]2N)ncc1C(N)=O.Nc1cnn(-c2ccccc2)c1.O=[N+]([O-])c1cn[nH]c1.O=[N+]([O-])c1cnn(-c2ccccc2)c1.[Cl][Sn][Cl]. The summed E-state index contributed by atoms with van der Waals surface area (Å²) in [5.74, 6) is -0.0309. The van der Waals surface area contributed by atoms with Gasteiger partial charge in [-0.15, -0.1) is 0 Å². The number of nitrogens with one attached hydrogen (secondary N) is 3. The molecule has 75 heavy (non-hydrogen) atoms. The minimum absolute atomic E-state index is 0. The summed E-state index contributed by atoms with van der Waals surface area (Å²) < 4.78 is 4.51. The summed E-state index contributed by atoms with van der Waals surface area (Å²) >= 11 is 1.45. The van der Waals surface area contributed by atoms with Crippen molar-refractivity contribution in [2.24, 2.45) is 22.2 Å². The number of para-hydroxylation sites is 3.